The van der Waals surface area contributed by atoms with Gasteiger partial charge in [0.05, 0.1) is 12.2 Å². The van der Waals surface area contributed by atoms with Crippen LogP contribution in [0.4, 0.5) is 6.01 Å². The van der Waals surface area contributed by atoms with E-state index in [0.29, 0.717) is 11.9 Å². The summed E-state index contributed by atoms with van der Waals surface area (Å²) in [5.74, 6) is 0.684. The minimum Gasteiger partial charge on any atom is -0.408 e. The molecule has 0 amide bonds. The molecule has 1 atom stereocenters. The zero-order chi connectivity index (χ0) is 13.8. The molecule has 0 spiro atoms. The number of aromatic nitrogens is 4. The molecule has 0 bridgehead atoms. The summed E-state index contributed by atoms with van der Waals surface area (Å²) in [5, 5.41) is 15.6. The molecular formula is C13H21N5O. The second kappa shape index (κ2) is 5.86. The highest BCUT2D eigenvalue weighted by Gasteiger charge is 2.11. The van der Waals surface area contributed by atoms with Gasteiger partial charge in [0.1, 0.15) is 0 Å². The Labute approximate surface area is 113 Å². The molecule has 19 heavy (non-hydrogen) atoms. The van der Waals surface area contributed by atoms with Gasteiger partial charge in [-0.25, -0.2) is 0 Å². The number of rotatable bonds is 6. The monoisotopic (exact) mass is 263 g/mol. The Balaban J connectivity index is 1.93. The third-order valence-corrected chi connectivity index (χ3v) is 2.85. The van der Waals surface area contributed by atoms with Crippen LogP contribution in [0.5, 0.6) is 0 Å². The number of aryl methyl sites for hydroxylation is 3. The van der Waals surface area contributed by atoms with Gasteiger partial charge in [-0.2, -0.15) is 5.10 Å². The molecule has 6 heteroatoms. The molecule has 2 rings (SSSR count). The van der Waals surface area contributed by atoms with E-state index in [9.17, 15) is 0 Å². The summed E-state index contributed by atoms with van der Waals surface area (Å²) in [6.45, 7) is 8.98. The predicted molar refractivity (Wildman–Crippen MR) is 73.1 cm³/mol. The minimum atomic E-state index is 0.174. The first-order valence-corrected chi connectivity index (χ1v) is 6.68. The van der Waals surface area contributed by atoms with Gasteiger partial charge in [-0.1, -0.05) is 12.0 Å². The zero-order valence-electron chi connectivity index (χ0n) is 12.0. The molecule has 1 N–H and O–H groups in total. The summed E-state index contributed by atoms with van der Waals surface area (Å²) in [6, 6.07) is 2.73. The Hall–Kier alpha value is -1.85. The minimum absolute atomic E-state index is 0.174. The van der Waals surface area contributed by atoms with Crippen LogP contribution in [0.15, 0.2) is 10.5 Å². The second-order valence-electron chi connectivity index (χ2n) is 4.91. The molecule has 0 aliphatic heterocycles. The lowest BCUT2D eigenvalue weighted by Gasteiger charge is -2.12. The summed E-state index contributed by atoms with van der Waals surface area (Å²) in [6.07, 6.45) is 1.82. The van der Waals surface area contributed by atoms with Gasteiger partial charge in [-0.3, -0.25) is 4.68 Å². The van der Waals surface area contributed by atoms with Crippen LogP contribution in [0.1, 0.15) is 37.5 Å². The van der Waals surface area contributed by atoms with Crippen molar-refractivity contribution in [3.8, 4) is 0 Å². The van der Waals surface area contributed by atoms with E-state index in [-0.39, 0.29) is 6.04 Å². The van der Waals surface area contributed by atoms with Gasteiger partial charge in [0.2, 0.25) is 5.89 Å². The quantitative estimate of drug-likeness (QED) is 0.866. The highest BCUT2D eigenvalue weighted by molar-refractivity contribution is 5.19. The molecular weight excluding hydrogens is 242 g/mol. The lowest BCUT2D eigenvalue weighted by Crippen LogP contribution is -2.23. The summed E-state index contributed by atoms with van der Waals surface area (Å²) in [5.41, 5.74) is 2.19. The van der Waals surface area contributed by atoms with E-state index in [4.69, 9.17) is 4.42 Å². The van der Waals surface area contributed by atoms with Crippen LogP contribution in [0, 0.1) is 13.8 Å². The van der Waals surface area contributed by atoms with Gasteiger partial charge in [-0.05, 0) is 33.3 Å². The Morgan fingerprint density at radius 2 is 2.16 bits per heavy atom. The molecule has 0 saturated heterocycles. The first kappa shape index (κ1) is 13.6. The van der Waals surface area contributed by atoms with Gasteiger partial charge >= 0.3 is 6.01 Å². The molecule has 2 heterocycles. The smallest absolute Gasteiger partial charge is 0.315 e. The normalized spacial score (nSPS) is 12.6. The van der Waals surface area contributed by atoms with Crippen LogP contribution in [-0.4, -0.2) is 26.0 Å². The van der Waals surface area contributed by atoms with Crippen LogP contribution in [-0.2, 0) is 13.0 Å². The van der Waals surface area contributed by atoms with E-state index in [2.05, 4.69) is 47.5 Å². The number of hydrogen-bond acceptors (Lipinski definition) is 5. The van der Waals surface area contributed by atoms with Gasteiger partial charge in [0.15, 0.2) is 0 Å². The fourth-order valence-corrected chi connectivity index (χ4v) is 2.00. The average molecular weight is 263 g/mol. The molecule has 2 aromatic rings. The fourth-order valence-electron chi connectivity index (χ4n) is 2.00. The van der Waals surface area contributed by atoms with E-state index in [1.165, 1.54) is 0 Å². The second-order valence-corrected chi connectivity index (χ2v) is 4.91. The van der Waals surface area contributed by atoms with Crippen molar-refractivity contribution >= 4 is 6.01 Å². The Morgan fingerprint density at radius 3 is 2.79 bits per heavy atom. The summed E-state index contributed by atoms with van der Waals surface area (Å²) in [4.78, 5) is 0. The van der Waals surface area contributed by atoms with E-state index in [1.807, 2.05) is 11.6 Å². The maximum Gasteiger partial charge on any atom is 0.315 e. The van der Waals surface area contributed by atoms with Crippen molar-refractivity contribution in [2.75, 3.05) is 5.32 Å². The SMILES string of the molecule is CCCc1nnc(N[C@H](C)Cn2nc(C)cc2C)o1. The molecule has 6 nitrogen and oxygen atoms in total. The van der Waals surface area contributed by atoms with E-state index in [0.717, 1.165) is 30.8 Å². The highest BCUT2D eigenvalue weighted by Crippen LogP contribution is 2.10. The topological polar surface area (TPSA) is 68.8 Å². The predicted octanol–water partition coefficient (Wildman–Crippen LogP) is 2.34. The maximum absolute atomic E-state index is 5.50. The molecule has 104 valence electrons. The maximum atomic E-state index is 5.50. The average Bonchev–Trinajstić information content (AvgIpc) is 2.87. The van der Waals surface area contributed by atoms with Crippen LogP contribution in [0.25, 0.3) is 0 Å². The molecule has 2 aromatic heterocycles. The molecule has 0 fully saturated rings. The standard InChI is InChI=1S/C13H21N5O/c1-5-6-12-15-16-13(19-12)14-10(3)8-18-11(4)7-9(2)17-18/h7,10H,5-6,8H2,1-4H3,(H,14,16)/t10-/m1/s1. The molecule has 0 aromatic carbocycles. The molecule has 0 aliphatic carbocycles. The van der Waals surface area contributed by atoms with Crippen LogP contribution in [0.3, 0.4) is 0 Å². The van der Waals surface area contributed by atoms with Crippen LogP contribution < -0.4 is 5.32 Å². The summed E-state index contributed by atoms with van der Waals surface area (Å²) < 4.78 is 7.49. The van der Waals surface area contributed by atoms with E-state index in [1.54, 1.807) is 0 Å². The molecule has 0 unspecified atom stereocenters. The number of hydrogen-bond donors (Lipinski definition) is 1. The Bertz CT molecular complexity index is 531. The largest absolute Gasteiger partial charge is 0.408 e. The number of nitrogens with zero attached hydrogens (tertiary/aromatic N) is 4. The van der Waals surface area contributed by atoms with Gasteiger partial charge in [0.25, 0.3) is 0 Å². The number of nitrogens with one attached hydrogen (secondary N) is 1. The summed E-state index contributed by atoms with van der Waals surface area (Å²) >= 11 is 0. The van der Waals surface area contributed by atoms with Gasteiger partial charge in [0, 0.05) is 18.2 Å². The van der Waals surface area contributed by atoms with Crippen molar-refractivity contribution in [1.82, 2.24) is 20.0 Å². The fraction of sp³-hybridized carbons (Fsp3) is 0.615. The molecule has 0 aliphatic rings. The first-order chi connectivity index (χ1) is 9.08. The van der Waals surface area contributed by atoms with Crippen molar-refractivity contribution in [3.63, 3.8) is 0 Å². The zero-order valence-corrected chi connectivity index (χ0v) is 12.0. The lowest BCUT2D eigenvalue weighted by atomic mass is 10.3. The third kappa shape index (κ3) is 3.56. The number of anilines is 1. The highest BCUT2D eigenvalue weighted by atomic mass is 16.4. The summed E-state index contributed by atoms with van der Waals surface area (Å²) in [7, 11) is 0. The van der Waals surface area contributed by atoms with Gasteiger partial charge < -0.3 is 9.73 Å². The van der Waals surface area contributed by atoms with E-state index < -0.39 is 0 Å². The third-order valence-electron chi connectivity index (χ3n) is 2.85. The molecule has 0 radical (unpaired) electrons. The van der Waals surface area contributed by atoms with Crippen molar-refractivity contribution in [2.24, 2.45) is 0 Å². The van der Waals surface area contributed by atoms with Gasteiger partial charge in [-0.15, -0.1) is 5.10 Å². The molecule has 0 saturated carbocycles. The lowest BCUT2D eigenvalue weighted by molar-refractivity contribution is 0.482. The van der Waals surface area contributed by atoms with Crippen LogP contribution >= 0.6 is 0 Å². The van der Waals surface area contributed by atoms with Crippen molar-refractivity contribution < 1.29 is 4.42 Å². The van der Waals surface area contributed by atoms with Crippen molar-refractivity contribution in [1.29, 1.82) is 0 Å². The Kier molecular flexibility index (Phi) is 4.19. The first-order valence-electron chi connectivity index (χ1n) is 6.68. The van der Waals surface area contributed by atoms with Crippen molar-refractivity contribution in [3.05, 3.63) is 23.3 Å². The van der Waals surface area contributed by atoms with Crippen LogP contribution in [0.2, 0.25) is 0 Å². The van der Waals surface area contributed by atoms with Crippen molar-refractivity contribution in [2.45, 2.75) is 53.1 Å². The Morgan fingerprint density at radius 1 is 1.37 bits per heavy atom. The van der Waals surface area contributed by atoms with E-state index >= 15 is 0 Å².